The van der Waals surface area contributed by atoms with E-state index in [2.05, 4.69) is 25.8 Å². The minimum Gasteiger partial charge on any atom is -0.484 e. The summed E-state index contributed by atoms with van der Waals surface area (Å²) in [6.07, 6.45) is 3.52. The number of benzene rings is 1. The highest BCUT2D eigenvalue weighted by Gasteiger charge is 2.18. The van der Waals surface area contributed by atoms with E-state index in [4.69, 9.17) is 9.47 Å². The number of aromatic nitrogens is 1. The Hall–Kier alpha value is -2.89. The van der Waals surface area contributed by atoms with Crippen LogP contribution in [0.1, 0.15) is 45.2 Å². The second kappa shape index (κ2) is 10.6. The van der Waals surface area contributed by atoms with E-state index in [1.807, 2.05) is 36.4 Å². The van der Waals surface area contributed by atoms with Crippen LogP contribution in [0.25, 0.3) is 0 Å². The highest BCUT2D eigenvalue weighted by Crippen LogP contribution is 2.24. The third-order valence-electron chi connectivity index (χ3n) is 4.42. The van der Waals surface area contributed by atoms with Crippen molar-refractivity contribution >= 4 is 11.9 Å². The molecule has 0 fully saturated rings. The van der Waals surface area contributed by atoms with Crippen LogP contribution in [0.15, 0.2) is 48.8 Å². The summed E-state index contributed by atoms with van der Waals surface area (Å²) in [4.78, 5) is 30.1. The molecule has 0 bridgehead atoms. The Kier molecular flexibility index (Phi) is 8.19. The summed E-state index contributed by atoms with van der Waals surface area (Å²) in [5.74, 6) is 0.117. The lowest BCUT2D eigenvalue weighted by Crippen LogP contribution is -2.36. The minimum absolute atomic E-state index is 0.0575. The van der Waals surface area contributed by atoms with Crippen LogP contribution in [0.2, 0.25) is 0 Å². The van der Waals surface area contributed by atoms with Crippen LogP contribution in [-0.2, 0) is 26.3 Å². The summed E-state index contributed by atoms with van der Waals surface area (Å²) in [5.41, 5.74) is 2.14. The van der Waals surface area contributed by atoms with Crippen molar-refractivity contribution in [2.75, 3.05) is 19.8 Å². The van der Waals surface area contributed by atoms with Gasteiger partial charge in [-0.05, 0) is 41.7 Å². The third-order valence-corrected chi connectivity index (χ3v) is 4.42. The lowest BCUT2D eigenvalue weighted by atomic mass is 9.87. The third kappa shape index (κ3) is 7.56. The number of amides is 1. The SMILES string of the molecule is CCOC(=O)CCN(Cc1cccnc1)C(=O)COc1ccc(C(C)(C)C)cc1. The van der Waals surface area contributed by atoms with Gasteiger partial charge in [-0.25, -0.2) is 0 Å². The molecule has 0 aliphatic rings. The molecular weight excluding hydrogens is 368 g/mol. The Morgan fingerprint density at radius 1 is 1.10 bits per heavy atom. The lowest BCUT2D eigenvalue weighted by Gasteiger charge is -2.23. The zero-order valence-electron chi connectivity index (χ0n) is 17.7. The van der Waals surface area contributed by atoms with E-state index >= 15 is 0 Å². The van der Waals surface area contributed by atoms with E-state index in [1.54, 1.807) is 24.2 Å². The molecule has 1 aromatic carbocycles. The Labute approximate surface area is 172 Å². The fourth-order valence-electron chi connectivity index (χ4n) is 2.75. The first-order valence-electron chi connectivity index (χ1n) is 9.85. The van der Waals surface area contributed by atoms with Gasteiger partial charge >= 0.3 is 5.97 Å². The summed E-state index contributed by atoms with van der Waals surface area (Å²) in [6, 6.07) is 11.5. The molecule has 1 aromatic heterocycles. The standard InChI is InChI=1S/C23H30N2O4/c1-5-28-22(27)12-14-25(16-18-7-6-13-24-15-18)21(26)17-29-20-10-8-19(9-11-20)23(2,3)4/h6-11,13,15H,5,12,14,16-17H2,1-4H3. The van der Waals surface area contributed by atoms with E-state index in [0.717, 1.165) is 5.56 Å². The van der Waals surface area contributed by atoms with Crippen molar-refractivity contribution in [2.24, 2.45) is 0 Å². The number of hydrogen-bond donors (Lipinski definition) is 0. The second-order valence-corrected chi connectivity index (χ2v) is 7.79. The number of carbonyl (C=O) groups excluding carboxylic acids is 2. The molecule has 6 heteroatoms. The van der Waals surface area contributed by atoms with E-state index in [9.17, 15) is 9.59 Å². The number of rotatable bonds is 9. The predicted molar refractivity (Wildman–Crippen MR) is 112 cm³/mol. The van der Waals surface area contributed by atoms with Gasteiger partial charge < -0.3 is 14.4 Å². The number of esters is 1. The number of pyridine rings is 1. The number of nitrogens with zero attached hydrogens (tertiary/aromatic N) is 2. The first-order valence-corrected chi connectivity index (χ1v) is 9.85. The highest BCUT2D eigenvalue weighted by molar-refractivity contribution is 5.78. The van der Waals surface area contributed by atoms with Gasteiger partial charge in [0.2, 0.25) is 0 Å². The maximum Gasteiger partial charge on any atom is 0.307 e. The van der Waals surface area contributed by atoms with Crippen molar-refractivity contribution in [3.63, 3.8) is 0 Å². The molecule has 0 atom stereocenters. The molecular formula is C23H30N2O4. The van der Waals surface area contributed by atoms with Crippen molar-refractivity contribution in [1.29, 1.82) is 0 Å². The Morgan fingerprint density at radius 2 is 1.83 bits per heavy atom. The predicted octanol–water partition coefficient (Wildman–Crippen LogP) is 3.74. The first-order chi connectivity index (χ1) is 13.8. The first kappa shape index (κ1) is 22.4. The summed E-state index contributed by atoms with van der Waals surface area (Å²) >= 11 is 0. The molecule has 0 radical (unpaired) electrons. The van der Waals surface area contributed by atoms with Gasteiger partial charge in [0.05, 0.1) is 13.0 Å². The molecule has 6 nitrogen and oxygen atoms in total. The van der Waals surface area contributed by atoms with Crippen LogP contribution < -0.4 is 4.74 Å². The van der Waals surface area contributed by atoms with Crippen LogP contribution in [-0.4, -0.2) is 41.5 Å². The van der Waals surface area contributed by atoms with Gasteiger partial charge in [-0.3, -0.25) is 14.6 Å². The van der Waals surface area contributed by atoms with Gasteiger partial charge in [-0.1, -0.05) is 39.0 Å². The Morgan fingerprint density at radius 3 is 2.41 bits per heavy atom. The number of ether oxygens (including phenoxy) is 2. The summed E-state index contributed by atoms with van der Waals surface area (Å²) in [5, 5.41) is 0. The van der Waals surface area contributed by atoms with Crippen LogP contribution in [0.3, 0.4) is 0 Å². The normalized spacial score (nSPS) is 11.0. The molecule has 1 heterocycles. The van der Waals surface area contributed by atoms with Crippen molar-refractivity contribution in [3.05, 3.63) is 59.9 Å². The molecule has 0 N–H and O–H groups in total. The van der Waals surface area contributed by atoms with Crippen LogP contribution in [0.5, 0.6) is 5.75 Å². The van der Waals surface area contributed by atoms with Crippen molar-refractivity contribution < 1.29 is 19.1 Å². The average Bonchev–Trinajstić information content (AvgIpc) is 2.70. The fraction of sp³-hybridized carbons (Fsp3) is 0.435. The molecule has 0 aliphatic carbocycles. The van der Waals surface area contributed by atoms with Crippen molar-refractivity contribution in [3.8, 4) is 5.75 Å². The van der Waals surface area contributed by atoms with Crippen molar-refractivity contribution in [2.45, 2.75) is 46.1 Å². The molecule has 0 saturated carbocycles. The molecule has 0 spiro atoms. The smallest absolute Gasteiger partial charge is 0.307 e. The van der Waals surface area contributed by atoms with E-state index in [0.29, 0.717) is 18.9 Å². The molecule has 0 aliphatic heterocycles. The molecule has 1 amide bonds. The van der Waals surface area contributed by atoms with Gasteiger partial charge in [0.25, 0.3) is 5.91 Å². The maximum absolute atomic E-state index is 12.7. The van der Waals surface area contributed by atoms with E-state index in [-0.39, 0.29) is 36.9 Å². The zero-order chi connectivity index (χ0) is 21.3. The molecule has 29 heavy (non-hydrogen) atoms. The van der Waals surface area contributed by atoms with E-state index in [1.165, 1.54) is 5.56 Å². The van der Waals surface area contributed by atoms with Crippen molar-refractivity contribution in [1.82, 2.24) is 9.88 Å². The number of hydrogen-bond acceptors (Lipinski definition) is 5. The molecule has 156 valence electrons. The Balaban J connectivity index is 1.99. The van der Waals surface area contributed by atoms with Gasteiger partial charge in [0, 0.05) is 25.5 Å². The zero-order valence-corrected chi connectivity index (χ0v) is 17.7. The molecule has 2 rings (SSSR count). The molecule has 0 unspecified atom stereocenters. The van der Waals surface area contributed by atoms with Crippen LogP contribution >= 0.6 is 0 Å². The summed E-state index contributed by atoms with van der Waals surface area (Å²) in [7, 11) is 0. The second-order valence-electron chi connectivity index (χ2n) is 7.79. The van der Waals surface area contributed by atoms with Gasteiger partial charge in [0.1, 0.15) is 5.75 Å². The minimum atomic E-state index is -0.324. The van der Waals surface area contributed by atoms with E-state index < -0.39 is 0 Å². The molecule has 0 saturated heterocycles. The summed E-state index contributed by atoms with van der Waals surface area (Å²) in [6.45, 7) is 9.04. The lowest BCUT2D eigenvalue weighted by molar-refractivity contribution is -0.144. The number of carbonyl (C=O) groups is 2. The van der Waals surface area contributed by atoms with Gasteiger partial charge in [-0.2, -0.15) is 0 Å². The van der Waals surface area contributed by atoms with Crippen LogP contribution in [0, 0.1) is 0 Å². The van der Waals surface area contributed by atoms with Gasteiger partial charge in [0.15, 0.2) is 6.61 Å². The monoisotopic (exact) mass is 398 g/mol. The van der Waals surface area contributed by atoms with Gasteiger partial charge in [-0.15, -0.1) is 0 Å². The summed E-state index contributed by atoms with van der Waals surface area (Å²) < 4.78 is 10.7. The average molecular weight is 399 g/mol. The maximum atomic E-state index is 12.7. The fourth-order valence-corrected chi connectivity index (χ4v) is 2.75. The quantitative estimate of drug-likeness (QED) is 0.602. The van der Waals surface area contributed by atoms with Crippen LogP contribution in [0.4, 0.5) is 0 Å². The topological polar surface area (TPSA) is 68.7 Å². The largest absolute Gasteiger partial charge is 0.484 e. The Bertz CT molecular complexity index is 783. The highest BCUT2D eigenvalue weighted by atomic mass is 16.5. The molecule has 2 aromatic rings.